The van der Waals surface area contributed by atoms with Crippen LogP contribution < -0.4 is 10.3 Å². The second-order valence-electron chi connectivity index (χ2n) is 9.79. The summed E-state index contributed by atoms with van der Waals surface area (Å²) in [6.45, 7) is 5.71. The number of nitrogens with one attached hydrogen (secondary N) is 1. The molecule has 3 aromatic rings. The lowest BCUT2D eigenvalue weighted by Crippen LogP contribution is -2.32. The monoisotopic (exact) mass is 575 g/mol. The van der Waals surface area contributed by atoms with Crippen LogP contribution in [0.3, 0.4) is 0 Å². The van der Waals surface area contributed by atoms with Crippen LogP contribution in [0.25, 0.3) is 17.4 Å². The number of nitrogens with zero attached hydrogens (tertiary/aromatic N) is 2. The summed E-state index contributed by atoms with van der Waals surface area (Å²) >= 11 is 6.36. The summed E-state index contributed by atoms with van der Waals surface area (Å²) in [7, 11) is 0. The van der Waals surface area contributed by atoms with Gasteiger partial charge in [0, 0.05) is 25.3 Å². The number of anilines is 1. The van der Waals surface area contributed by atoms with Crippen LogP contribution >= 0.6 is 11.6 Å². The molecule has 0 atom stereocenters. The molecule has 2 amide bonds. The molecule has 0 aliphatic carbocycles. The molecule has 0 bridgehead atoms. The highest BCUT2D eigenvalue weighted by atomic mass is 35.5. The van der Waals surface area contributed by atoms with Crippen LogP contribution in [0.5, 0.6) is 0 Å². The second-order valence-corrected chi connectivity index (χ2v) is 10.2. The molecule has 10 heteroatoms. The maximum absolute atomic E-state index is 13.3. The summed E-state index contributed by atoms with van der Waals surface area (Å²) < 4.78 is 16.5. The lowest BCUT2D eigenvalue weighted by Gasteiger charge is -2.22. The van der Waals surface area contributed by atoms with Crippen LogP contribution in [0.4, 0.5) is 5.69 Å². The number of amides is 2. The van der Waals surface area contributed by atoms with Crippen LogP contribution in [-0.4, -0.2) is 49.9 Å². The summed E-state index contributed by atoms with van der Waals surface area (Å²) in [5.74, 6) is 0.288. The predicted octanol–water partition coefficient (Wildman–Crippen LogP) is 5.74. The molecule has 2 aliphatic heterocycles. The van der Waals surface area contributed by atoms with Crippen molar-refractivity contribution in [3.8, 4) is 11.3 Å². The Morgan fingerprint density at radius 3 is 2.73 bits per heavy atom. The molecule has 212 valence electrons. The van der Waals surface area contributed by atoms with E-state index in [2.05, 4.69) is 10.4 Å². The topological polar surface area (TPSA) is 110 Å². The van der Waals surface area contributed by atoms with E-state index in [0.29, 0.717) is 75.9 Å². The number of carbonyl (C=O) groups is 3. The van der Waals surface area contributed by atoms with E-state index in [1.165, 1.54) is 5.01 Å². The fraction of sp³-hybridized carbons (Fsp3) is 0.290. The minimum absolute atomic E-state index is 0.243. The summed E-state index contributed by atoms with van der Waals surface area (Å²) in [6.07, 6.45) is 3.46. The van der Waals surface area contributed by atoms with E-state index in [0.717, 1.165) is 12.8 Å². The van der Waals surface area contributed by atoms with Crippen LogP contribution in [0.15, 0.2) is 69.7 Å². The van der Waals surface area contributed by atoms with E-state index in [4.69, 9.17) is 25.5 Å². The molecule has 0 saturated carbocycles. The molecular formula is C31H30ClN3O6. The largest absolute Gasteiger partial charge is 0.462 e. The highest BCUT2D eigenvalue weighted by Crippen LogP contribution is 2.30. The Balaban J connectivity index is 1.31. The Bertz CT molecular complexity index is 1540. The molecule has 9 nitrogen and oxygen atoms in total. The first-order valence-electron chi connectivity index (χ1n) is 13.5. The summed E-state index contributed by atoms with van der Waals surface area (Å²) in [5.41, 5.74) is 2.68. The van der Waals surface area contributed by atoms with Crippen molar-refractivity contribution in [2.45, 2.75) is 26.7 Å². The van der Waals surface area contributed by atoms with Gasteiger partial charge in [-0.2, -0.15) is 10.1 Å². The zero-order valence-corrected chi connectivity index (χ0v) is 23.6. The van der Waals surface area contributed by atoms with Crippen LogP contribution in [0.2, 0.25) is 5.02 Å². The number of furan rings is 1. The number of ether oxygens (including phenoxy) is 2. The zero-order chi connectivity index (χ0) is 28.9. The van der Waals surface area contributed by atoms with Gasteiger partial charge in [0.2, 0.25) is 0 Å². The van der Waals surface area contributed by atoms with Gasteiger partial charge in [-0.1, -0.05) is 17.7 Å². The van der Waals surface area contributed by atoms with Crippen molar-refractivity contribution >= 4 is 46.9 Å². The van der Waals surface area contributed by atoms with E-state index < -0.39 is 5.97 Å². The Morgan fingerprint density at radius 1 is 1.15 bits per heavy atom. The fourth-order valence-corrected chi connectivity index (χ4v) is 4.90. The molecular weight excluding hydrogens is 546 g/mol. The van der Waals surface area contributed by atoms with Crippen molar-refractivity contribution < 1.29 is 28.3 Å². The average Bonchev–Trinajstić information content (AvgIpc) is 3.57. The molecule has 2 aromatic carbocycles. The molecule has 3 heterocycles. The van der Waals surface area contributed by atoms with E-state index in [1.807, 2.05) is 0 Å². The molecule has 41 heavy (non-hydrogen) atoms. The summed E-state index contributed by atoms with van der Waals surface area (Å²) in [5, 5.41) is 8.98. The highest BCUT2D eigenvalue weighted by Gasteiger charge is 2.29. The average molecular weight is 576 g/mol. The van der Waals surface area contributed by atoms with Gasteiger partial charge in [-0.25, -0.2) is 4.79 Å². The van der Waals surface area contributed by atoms with Crippen molar-refractivity contribution in [1.82, 2.24) is 5.32 Å². The maximum atomic E-state index is 13.3. The third-order valence-corrected chi connectivity index (χ3v) is 7.30. The number of benzene rings is 2. The van der Waals surface area contributed by atoms with Crippen LogP contribution in [0.1, 0.15) is 53.2 Å². The van der Waals surface area contributed by atoms with Gasteiger partial charge in [-0.05, 0) is 87.2 Å². The molecule has 1 N–H and O–H groups in total. The van der Waals surface area contributed by atoms with E-state index in [9.17, 15) is 14.4 Å². The third kappa shape index (κ3) is 6.42. The Hall–Kier alpha value is -4.21. The first kappa shape index (κ1) is 28.3. The Morgan fingerprint density at radius 2 is 1.95 bits per heavy atom. The number of hydrazone groups is 1. The SMILES string of the molecule is CCOC(=O)c1cccc(N2N=C(C)/C(=C/c3ccc(-c4ccc(Cl)c(C(=O)NCC5CCOCC5)c4)o3)C2=O)c1. The molecule has 1 saturated heterocycles. The molecule has 2 aliphatic rings. The van der Waals surface area contributed by atoms with Gasteiger partial charge < -0.3 is 19.2 Å². The normalized spacial score (nSPS) is 16.7. The highest BCUT2D eigenvalue weighted by molar-refractivity contribution is 6.34. The van der Waals surface area contributed by atoms with Crippen molar-refractivity contribution in [2.75, 3.05) is 31.4 Å². The molecule has 1 fully saturated rings. The van der Waals surface area contributed by atoms with Crippen LogP contribution in [-0.2, 0) is 14.3 Å². The molecule has 0 unspecified atom stereocenters. The maximum Gasteiger partial charge on any atom is 0.338 e. The van der Waals surface area contributed by atoms with E-state index >= 15 is 0 Å². The quantitative estimate of drug-likeness (QED) is 0.271. The van der Waals surface area contributed by atoms with E-state index in [1.54, 1.807) is 74.5 Å². The second kappa shape index (κ2) is 12.5. The first-order chi connectivity index (χ1) is 19.8. The molecule has 1 aromatic heterocycles. The Kier molecular flexibility index (Phi) is 8.66. The lowest BCUT2D eigenvalue weighted by atomic mass is 10.0. The third-order valence-electron chi connectivity index (χ3n) is 6.97. The minimum atomic E-state index is -0.470. The number of carbonyl (C=O) groups excluding carboxylic acids is 3. The molecule has 5 rings (SSSR count). The summed E-state index contributed by atoms with van der Waals surface area (Å²) in [4.78, 5) is 38.3. The van der Waals surface area contributed by atoms with Crippen LogP contribution in [0, 0.1) is 5.92 Å². The number of hydrogen-bond acceptors (Lipinski definition) is 7. The van der Waals surface area contributed by atoms with E-state index in [-0.39, 0.29) is 18.4 Å². The number of esters is 1. The number of halogens is 1. The number of rotatable bonds is 8. The predicted molar refractivity (Wildman–Crippen MR) is 156 cm³/mol. The smallest absolute Gasteiger partial charge is 0.338 e. The lowest BCUT2D eigenvalue weighted by molar-refractivity contribution is -0.114. The first-order valence-corrected chi connectivity index (χ1v) is 13.9. The van der Waals surface area contributed by atoms with Crippen molar-refractivity contribution in [2.24, 2.45) is 11.0 Å². The van der Waals surface area contributed by atoms with Crippen molar-refractivity contribution in [1.29, 1.82) is 0 Å². The van der Waals surface area contributed by atoms with Gasteiger partial charge in [0.1, 0.15) is 11.5 Å². The fourth-order valence-electron chi connectivity index (χ4n) is 4.70. The number of hydrogen-bond donors (Lipinski definition) is 1. The molecule has 0 spiro atoms. The van der Waals surface area contributed by atoms with Crippen molar-refractivity contribution in [3.05, 3.63) is 82.1 Å². The minimum Gasteiger partial charge on any atom is -0.462 e. The summed E-state index contributed by atoms with van der Waals surface area (Å²) in [6, 6.07) is 15.2. The van der Waals surface area contributed by atoms with Gasteiger partial charge in [0.15, 0.2) is 0 Å². The van der Waals surface area contributed by atoms with Gasteiger partial charge in [0.05, 0.1) is 39.7 Å². The van der Waals surface area contributed by atoms with Gasteiger partial charge in [0.25, 0.3) is 11.8 Å². The standard InChI is InChI=1S/C31H30ClN3O6/c1-3-40-31(38)22-5-4-6-23(15-22)35-30(37)25(19(2)34-35)17-24-8-10-28(41-24)21-7-9-27(32)26(16-21)29(36)33-18-20-11-13-39-14-12-20/h4-10,15-17,20H,3,11-14,18H2,1-2H3,(H,33,36)/b25-17-. The van der Waals surface area contributed by atoms with Gasteiger partial charge in [-0.15, -0.1) is 0 Å². The van der Waals surface area contributed by atoms with Gasteiger partial charge >= 0.3 is 5.97 Å². The zero-order valence-electron chi connectivity index (χ0n) is 22.8. The van der Waals surface area contributed by atoms with Gasteiger partial charge in [-0.3, -0.25) is 9.59 Å². The Labute approximate surface area is 242 Å². The molecule has 0 radical (unpaired) electrons. The van der Waals surface area contributed by atoms with Crippen molar-refractivity contribution in [3.63, 3.8) is 0 Å².